The highest BCUT2D eigenvalue weighted by molar-refractivity contribution is 6.30. The zero-order chi connectivity index (χ0) is 18.1. The number of benzene rings is 2. The third kappa shape index (κ3) is 3.51. The molecule has 4 nitrogen and oxygen atoms in total. The Morgan fingerprint density at radius 1 is 1.15 bits per heavy atom. The van der Waals surface area contributed by atoms with Crippen molar-refractivity contribution in [2.24, 2.45) is 5.92 Å². The van der Waals surface area contributed by atoms with Crippen LogP contribution in [0.5, 0.6) is 0 Å². The van der Waals surface area contributed by atoms with Gasteiger partial charge in [0.05, 0.1) is 11.4 Å². The number of amides is 1. The van der Waals surface area contributed by atoms with Crippen molar-refractivity contribution in [1.82, 2.24) is 14.7 Å². The molecule has 1 aliphatic rings. The molecule has 1 saturated carbocycles. The molecule has 1 amide bonds. The van der Waals surface area contributed by atoms with Crippen molar-refractivity contribution in [3.63, 3.8) is 0 Å². The highest BCUT2D eigenvalue weighted by Crippen LogP contribution is 2.32. The van der Waals surface area contributed by atoms with E-state index in [0.717, 1.165) is 35.3 Å². The van der Waals surface area contributed by atoms with Crippen LogP contribution >= 0.6 is 11.6 Å². The Labute approximate surface area is 158 Å². The maximum absolute atomic E-state index is 12.4. The van der Waals surface area contributed by atoms with Crippen LogP contribution in [0.2, 0.25) is 5.02 Å². The van der Waals surface area contributed by atoms with E-state index in [-0.39, 0.29) is 11.8 Å². The van der Waals surface area contributed by atoms with E-state index >= 15 is 0 Å². The molecule has 0 bridgehead atoms. The van der Waals surface area contributed by atoms with E-state index in [4.69, 9.17) is 16.7 Å². The van der Waals surface area contributed by atoms with Crippen molar-refractivity contribution in [2.45, 2.75) is 19.4 Å². The summed E-state index contributed by atoms with van der Waals surface area (Å²) in [5, 5.41) is 5.48. The molecule has 1 heterocycles. The first-order valence-corrected chi connectivity index (χ1v) is 9.14. The Hall–Kier alpha value is -2.59. The Balaban J connectivity index is 1.71. The van der Waals surface area contributed by atoms with Crippen LogP contribution in [-0.2, 0) is 11.3 Å². The van der Waals surface area contributed by atoms with Crippen LogP contribution in [-0.4, -0.2) is 27.6 Å². The quantitative estimate of drug-likeness (QED) is 0.664. The summed E-state index contributed by atoms with van der Waals surface area (Å²) < 4.78 is 1.87. The molecule has 0 atom stereocenters. The van der Waals surface area contributed by atoms with E-state index in [1.165, 1.54) is 0 Å². The van der Waals surface area contributed by atoms with E-state index in [9.17, 15) is 4.79 Å². The molecule has 4 rings (SSSR count). The van der Waals surface area contributed by atoms with E-state index in [1.54, 1.807) is 0 Å². The minimum absolute atomic E-state index is 0.211. The molecule has 0 saturated heterocycles. The number of para-hydroxylation sites is 1. The molecular weight excluding hydrogens is 346 g/mol. The Bertz CT molecular complexity index is 914. The Morgan fingerprint density at radius 3 is 2.50 bits per heavy atom. The number of nitrogens with zero attached hydrogens (tertiary/aromatic N) is 3. The molecular formula is C21H20ClN3O. The number of aromatic nitrogens is 2. The molecule has 0 radical (unpaired) electrons. The van der Waals surface area contributed by atoms with Crippen molar-refractivity contribution in [3.8, 4) is 16.9 Å². The predicted molar refractivity (Wildman–Crippen MR) is 103 cm³/mol. The number of hydrogen-bond acceptors (Lipinski definition) is 2. The van der Waals surface area contributed by atoms with Crippen LogP contribution in [0.3, 0.4) is 0 Å². The van der Waals surface area contributed by atoms with Crippen LogP contribution < -0.4 is 0 Å². The SMILES string of the molecule is CN(Cc1cn(-c2ccccc2)nc1-c1ccc(Cl)cc1)C(=O)C1CC1. The summed E-state index contributed by atoms with van der Waals surface area (Å²) in [6, 6.07) is 17.6. The van der Waals surface area contributed by atoms with Gasteiger partial charge in [0.1, 0.15) is 0 Å². The molecule has 3 aromatic rings. The smallest absolute Gasteiger partial charge is 0.225 e. The second-order valence-corrected chi connectivity index (χ2v) is 7.19. The zero-order valence-electron chi connectivity index (χ0n) is 14.6. The van der Waals surface area contributed by atoms with Gasteiger partial charge in [-0.25, -0.2) is 4.68 Å². The molecule has 0 spiro atoms. The monoisotopic (exact) mass is 365 g/mol. The summed E-state index contributed by atoms with van der Waals surface area (Å²) in [6.45, 7) is 0.542. The number of rotatable bonds is 5. The van der Waals surface area contributed by atoms with Crippen molar-refractivity contribution in [2.75, 3.05) is 7.05 Å². The summed E-state index contributed by atoms with van der Waals surface area (Å²) >= 11 is 6.03. The number of halogens is 1. The molecule has 1 aromatic heterocycles. The van der Waals surface area contributed by atoms with Gasteiger partial charge in [-0.05, 0) is 37.1 Å². The van der Waals surface area contributed by atoms with Crippen molar-refractivity contribution >= 4 is 17.5 Å². The van der Waals surface area contributed by atoms with Crippen LogP contribution in [0, 0.1) is 5.92 Å². The lowest BCUT2D eigenvalue weighted by atomic mass is 10.1. The van der Waals surface area contributed by atoms with Gasteiger partial charge >= 0.3 is 0 Å². The highest BCUT2D eigenvalue weighted by Gasteiger charge is 2.32. The fourth-order valence-electron chi connectivity index (χ4n) is 3.06. The average Bonchev–Trinajstić information content (AvgIpc) is 3.43. The predicted octanol–water partition coefficient (Wildman–Crippen LogP) is 4.56. The van der Waals surface area contributed by atoms with Crippen LogP contribution in [0.15, 0.2) is 60.8 Å². The van der Waals surface area contributed by atoms with Crippen LogP contribution in [0.4, 0.5) is 0 Å². The topological polar surface area (TPSA) is 38.1 Å². The van der Waals surface area contributed by atoms with Crippen molar-refractivity contribution in [3.05, 3.63) is 71.4 Å². The van der Waals surface area contributed by atoms with Gasteiger partial charge in [-0.1, -0.05) is 41.9 Å². The fourth-order valence-corrected chi connectivity index (χ4v) is 3.19. The molecule has 1 fully saturated rings. The summed E-state index contributed by atoms with van der Waals surface area (Å²) in [7, 11) is 1.87. The highest BCUT2D eigenvalue weighted by atomic mass is 35.5. The van der Waals surface area contributed by atoms with Gasteiger partial charge in [0, 0.05) is 41.9 Å². The maximum atomic E-state index is 12.4. The number of hydrogen-bond donors (Lipinski definition) is 0. The van der Waals surface area contributed by atoms with E-state index in [1.807, 2.05) is 77.4 Å². The molecule has 1 aliphatic carbocycles. The van der Waals surface area contributed by atoms with Gasteiger partial charge < -0.3 is 4.90 Å². The molecule has 26 heavy (non-hydrogen) atoms. The minimum Gasteiger partial charge on any atom is -0.341 e. The second kappa shape index (κ2) is 6.96. The van der Waals surface area contributed by atoms with Gasteiger partial charge in [0.2, 0.25) is 5.91 Å². The largest absolute Gasteiger partial charge is 0.341 e. The first-order valence-electron chi connectivity index (χ1n) is 8.77. The van der Waals surface area contributed by atoms with Crippen molar-refractivity contribution in [1.29, 1.82) is 0 Å². The molecule has 2 aromatic carbocycles. The fraction of sp³-hybridized carbons (Fsp3) is 0.238. The van der Waals surface area contributed by atoms with Gasteiger partial charge in [-0.15, -0.1) is 0 Å². The van der Waals surface area contributed by atoms with Crippen LogP contribution in [0.25, 0.3) is 16.9 Å². The molecule has 0 aliphatic heterocycles. The molecule has 132 valence electrons. The van der Waals surface area contributed by atoms with Gasteiger partial charge in [-0.2, -0.15) is 5.10 Å². The number of carbonyl (C=O) groups excluding carboxylic acids is 1. The van der Waals surface area contributed by atoms with Gasteiger partial charge in [0.25, 0.3) is 0 Å². The maximum Gasteiger partial charge on any atom is 0.225 e. The Morgan fingerprint density at radius 2 is 1.85 bits per heavy atom. The first-order chi connectivity index (χ1) is 12.6. The van der Waals surface area contributed by atoms with Crippen LogP contribution in [0.1, 0.15) is 18.4 Å². The lowest BCUT2D eigenvalue weighted by Crippen LogP contribution is -2.27. The summed E-state index contributed by atoms with van der Waals surface area (Å²) in [5.74, 6) is 0.433. The third-order valence-corrected chi connectivity index (χ3v) is 4.89. The van der Waals surface area contributed by atoms with E-state index in [2.05, 4.69) is 0 Å². The average molecular weight is 366 g/mol. The van der Waals surface area contributed by atoms with E-state index < -0.39 is 0 Å². The third-order valence-electron chi connectivity index (χ3n) is 4.64. The normalized spacial score (nSPS) is 13.6. The Kier molecular flexibility index (Phi) is 4.51. The summed E-state index contributed by atoms with van der Waals surface area (Å²) in [5.41, 5.74) is 3.88. The molecule has 0 N–H and O–H groups in total. The molecule has 0 unspecified atom stereocenters. The summed E-state index contributed by atoms with van der Waals surface area (Å²) in [4.78, 5) is 14.2. The lowest BCUT2D eigenvalue weighted by molar-refractivity contribution is -0.131. The molecule has 5 heteroatoms. The first kappa shape index (κ1) is 16.9. The van der Waals surface area contributed by atoms with Gasteiger partial charge in [0.15, 0.2) is 0 Å². The lowest BCUT2D eigenvalue weighted by Gasteiger charge is -2.16. The zero-order valence-corrected chi connectivity index (χ0v) is 15.4. The number of carbonyl (C=O) groups is 1. The minimum atomic E-state index is 0.211. The van der Waals surface area contributed by atoms with Crippen molar-refractivity contribution < 1.29 is 4.79 Å². The standard InChI is InChI=1S/C21H20ClN3O/c1-24(21(26)16-7-8-16)13-17-14-25(19-5-3-2-4-6-19)23-20(17)15-9-11-18(22)12-10-15/h2-6,9-12,14,16H,7-8,13H2,1H3. The second-order valence-electron chi connectivity index (χ2n) is 6.76. The van der Waals surface area contributed by atoms with E-state index in [0.29, 0.717) is 11.6 Å². The summed E-state index contributed by atoms with van der Waals surface area (Å²) in [6.07, 6.45) is 4.03. The van der Waals surface area contributed by atoms with Gasteiger partial charge in [-0.3, -0.25) is 4.79 Å².